The predicted octanol–water partition coefficient (Wildman–Crippen LogP) is 1.07. The van der Waals surface area contributed by atoms with E-state index >= 15 is 0 Å². The van der Waals surface area contributed by atoms with Gasteiger partial charge in [0.05, 0.1) is 0 Å². The fourth-order valence-electron chi connectivity index (χ4n) is 1.92. The van der Waals surface area contributed by atoms with Crippen LogP contribution in [0, 0.1) is 5.82 Å². The molecule has 0 saturated carbocycles. The summed E-state index contributed by atoms with van der Waals surface area (Å²) in [5.41, 5.74) is 0.766. The maximum Gasteiger partial charge on any atom is 0.332 e. The number of halogens is 1. The van der Waals surface area contributed by atoms with E-state index in [1.807, 2.05) is 0 Å². The van der Waals surface area contributed by atoms with Gasteiger partial charge >= 0.3 is 5.97 Å². The zero-order valence-electron chi connectivity index (χ0n) is 10.1. The largest absolute Gasteiger partial charge is 0.479 e. The Morgan fingerprint density at radius 1 is 1.26 bits per heavy atom. The average Bonchev–Trinajstić information content (AvgIpc) is 2.87. The summed E-state index contributed by atoms with van der Waals surface area (Å²) in [7, 11) is 0. The fourth-order valence-corrected chi connectivity index (χ4v) is 1.92. The molecule has 2 rings (SSSR count). The van der Waals surface area contributed by atoms with Crippen molar-refractivity contribution in [3.8, 4) is 0 Å². The second-order valence-corrected chi connectivity index (χ2v) is 4.37. The lowest BCUT2D eigenvalue weighted by Gasteiger charge is -2.11. The number of benzene rings is 1. The lowest BCUT2D eigenvalue weighted by Crippen LogP contribution is -2.35. The normalized spacial score (nSPS) is 22.2. The number of aliphatic carboxylic acids is 1. The molecule has 19 heavy (non-hydrogen) atoms. The third-order valence-corrected chi connectivity index (χ3v) is 2.97. The highest BCUT2D eigenvalue weighted by Crippen LogP contribution is 2.20. The van der Waals surface area contributed by atoms with Crippen LogP contribution in [-0.2, 0) is 20.9 Å². The molecule has 1 aromatic carbocycles. The van der Waals surface area contributed by atoms with Gasteiger partial charge in [0.1, 0.15) is 11.9 Å². The predicted molar refractivity (Wildman–Crippen MR) is 63.8 cm³/mol. The van der Waals surface area contributed by atoms with Crippen molar-refractivity contribution < 1.29 is 23.8 Å². The lowest BCUT2D eigenvalue weighted by atomic mass is 10.2. The van der Waals surface area contributed by atoms with Crippen LogP contribution in [0.1, 0.15) is 18.4 Å². The fraction of sp³-hybridized carbons (Fsp3) is 0.385. The third kappa shape index (κ3) is 3.51. The van der Waals surface area contributed by atoms with Gasteiger partial charge in [0.2, 0.25) is 5.91 Å². The maximum atomic E-state index is 12.7. The molecule has 2 atom stereocenters. The Labute approximate surface area is 109 Å². The van der Waals surface area contributed by atoms with Crippen LogP contribution in [0.5, 0.6) is 0 Å². The van der Waals surface area contributed by atoms with Crippen molar-refractivity contribution in [3.05, 3.63) is 35.6 Å². The van der Waals surface area contributed by atoms with Crippen LogP contribution >= 0.6 is 0 Å². The highest BCUT2D eigenvalue weighted by atomic mass is 19.1. The van der Waals surface area contributed by atoms with Gasteiger partial charge in [-0.05, 0) is 30.5 Å². The van der Waals surface area contributed by atoms with Gasteiger partial charge < -0.3 is 15.2 Å². The number of carboxylic acid groups (broad SMARTS) is 1. The highest BCUT2D eigenvalue weighted by molar-refractivity contribution is 5.82. The number of carboxylic acids is 1. The van der Waals surface area contributed by atoms with Crippen LogP contribution in [0.3, 0.4) is 0 Å². The molecule has 0 aliphatic carbocycles. The minimum atomic E-state index is -1.05. The molecule has 6 heteroatoms. The van der Waals surface area contributed by atoms with Crippen molar-refractivity contribution in [1.29, 1.82) is 0 Å². The molecule has 1 fully saturated rings. The van der Waals surface area contributed by atoms with Crippen molar-refractivity contribution in [2.75, 3.05) is 0 Å². The van der Waals surface area contributed by atoms with Crippen molar-refractivity contribution in [2.45, 2.75) is 31.6 Å². The molecule has 0 bridgehead atoms. The minimum absolute atomic E-state index is 0.261. The van der Waals surface area contributed by atoms with Gasteiger partial charge in [0.25, 0.3) is 0 Å². The molecule has 1 aliphatic heterocycles. The minimum Gasteiger partial charge on any atom is -0.479 e. The molecule has 1 aliphatic rings. The van der Waals surface area contributed by atoms with E-state index in [1.165, 1.54) is 12.1 Å². The Morgan fingerprint density at radius 3 is 2.47 bits per heavy atom. The van der Waals surface area contributed by atoms with Gasteiger partial charge in [-0.2, -0.15) is 0 Å². The third-order valence-electron chi connectivity index (χ3n) is 2.97. The van der Waals surface area contributed by atoms with Gasteiger partial charge in [-0.15, -0.1) is 0 Å². The van der Waals surface area contributed by atoms with E-state index < -0.39 is 18.2 Å². The Bertz CT molecular complexity index is 474. The Morgan fingerprint density at radius 2 is 1.89 bits per heavy atom. The second kappa shape index (κ2) is 5.79. The topological polar surface area (TPSA) is 75.6 Å². The summed E-state index contributed by atoms with van der Waals surface area (Å²) in [6.45, 7) is 0.261. The van der Waals surface area contributed by atoms with Crippen molar-refractivity contribution in [3.63, 3.8) is 0 Å². The van der Waals surface area contributed by atoms with Gasteiger partial charge in [0, 0.05) is 6.54 Å². The SMILES string of the molecule is O=C(O)C1CCC(C(=O)NCc2ccc(F)cc2)O1. The Hall–Kier alpha value is -1.95. The summed E-state index contributed by atoms with van der Waals surface area (Å²) in [4.78, 5) is 22.4. The molecule has 1 amide bonds. The summed E-state index contributed by atoms with van der Waals surface area (Å²) in [6.07, 6.45) is -0.890. The maximum absolute atomic E-state index is 12.7. The molecule has 0 spiro atoms. The van der Waals surface area contributed by atoms with E-state index in [4.69, 9.17) is 9.84 Å². The van der Waals surface area contributed by atoms with Crippen molar-refractivity contribution >= 4 is 11.9 Å². The summed E-state index contributed by atoms with van der Waals surface area (Å²) in [5, 5.41) is 11.4. The number of nitrogens with one attached hydrogen (secondary N) is 1. The number of amides is 1. The van der Waals surface area contributed by atoms with Crippen LogP contribution in [0.25, 0.3) is 0 Å². The number of carbonyl (C=O) groups is 2. The molecule has 1 heterocycles. The standard InChI is InChI=1S/C13H14FNO4/c14-9-3-1-8(2-4-9)7-15-12(16)10-5-6-11(19-10)13(17)18/h1-4,10-11H,5-7H2,(H,15,16)(H,17,18). The van der Waals surface area contributed by atoms with E-state index in [9.17, 15) is 14.0 Å². The molecule has 5 nitrogen and oxygen atoms in total. The first-order valence-electron chi connectivity index (χ1n) is 5.96. The van der Waals surface area contributed by atoms with Crippen molar-refractivity contribution in [2.24, 2.45) is 0 Å². The number of hydrogen-bond acceptors (Lipinski definition) is 3. The zero-order chi connectivity index (χ0) is 13.8. The number of ether oxygens (including phenoxy) is 1. The van der Waals surface area contributed by atoms with Crippen LogP contribution in [0.2, 0.25) is 0 Å². The highest BCUT2D eigenvalue weighted by Gasteiger charge is 2.34. The number of carbonyl (C=O) groups excluding carboxylic acids is 1. The zero-order valence-corrected chi connectivity index (χ0v) is 10.1. The monoisotopic (exact) mass is 267 g/mol. The molecule has 2 unspecified atom stereocenters. The molecule has 102 valence electrons. The number of rotatable bonds is 4. The van der Waals surface area contributed by atoms with E-state index in [-0.39, 0.29) is 18.3 Å². The first-order valence-corrected chi connectivity index (χ1v) is 5.96. The van der Waals surface area contributed by atoms with Crippen LogP contribution < -0.4 is 5.32 Å². The smallest absolute Gasteiger partial charge is 0.332 e. The molecule has 1 aromatic rings. The second-order valence-electron chi connectivity index (χ2n) is 4.37. The summed E-state index contributed by atoms with van der Waals surface area (Å²) < 4.78 is 17.8. The first-order chi connectivity index (χ1) is 9.06. The Balaban J connectivity index is 1.82. The van der Waals surface area contributed by atoms with Gasteiger partial charge in [0.15, 0.2) is 6.10 Å². The first kappa shape index (κ1) is 13.5. The molecule has 1 saturated heterocycles. The van der Waals surface area contributed by atoms with Crippen molar-refractivity contribution in [1.82, 2.24) is 5.32 Å². The van der Waals surface area contributed by atoms with Gasteiger partial charge in [-0.1, -0.05) is 12.1 Å². The summed E-state index contributed by atoms with van der Waals surface area (Å²) in [6, 6.07) is 5.78. The summed E-state index contributed by atoms with van der Waals surface area (Å²) in [5.74, 6) is -1.72. The summed E-state index contributed by atoms with van der Waals surface area (Å²) >= 11 is 0. The van der Waals surface area contributed by atoms with Gasteiger partial charge in [-0.3, -0.25) is 4.79 Å². The van der Waals surface area contributed by atoms with E-state index in [2.05, 4.69) is 5.32 Å². The molecule has 0 aromatic heterocycles. The molecule has 2 N–H and O–H groups in total. The average molecular weight is 267 g/mol. The van der Waals surface area contributed by atoms with E-state index in [1.54, 1.807) is 12.1 Å². The molecular weight excluding hydrogens is 253 g/mol. The Kier molecular flexibility index (Phi) is 4.11. The quantitative estimate of drug-likeness (QED) is 0.855. The van der Waals surface area contributed by atoms with Gasteiger partial charge in [-0.25, -0.2) is 9.18 Å². The van der Waals surface area contributed by atoms with Crippen LogP contribution in [0.15, 0.2) is 24.3 Å². The molecular formula is C13H14FNO4. The lowest BCUT2D eigenvalue weighted by molar-refractivity contribution is -0.151. The number of hydrogen-bond donors (Lipinski definition) is 2. The van der Waals surface area contributed by atoms with E-state index in [0.717, 1.165) is 5.56 Å². The van der Waals surface area contributed by atoms with Crippen LogP contribution in [-0.4, -0.2) is 29.2 Å². The van der Waals surface area contributed by atoms with Crippen LogP contribution in [0.4, 0.5) is 4.39 Å². The van der Waals surface area contributed by atoms with E-state index in [0.29, 0.717) is 12.8 Å². The molecule has 0 radical (unpaired) electrons.